The molecule has 1 aromatic rings. The summed E-state index contributed by atoms with van der Waals surface area (Å²) < 4.78 is 0. The van der Waals surface area contributed by atoms with Gasteiger partial charge >= 0.3 is 0 Å². The van der Waals surface area contributed by atoms with Crippen molar-refractivity contribution >= 4 is 5.82 Å². The summed E-state index contributed by atoms with van der Waals surface area (Å²) in [6.45, 7) is 0. The van der Waals surface area contributed by atoms with E-state index >= 15 is 0 Å². The zero-order valence-electron chi connectivity index (χ0n) is 4.42. The quantitative estimate of drug-likeness (QED) is 0.755. The smallest absolute Gasteiger partial charge is 0.262 e. The molecule has 4 nitrogen and oxygen atoms in total. The fraction of sp³-hybridized carbons (Fsp3) is 0. The Balaban J connectivity index is 0.000000640. The molecule has 0 aromatic carbocycles. The minimum Gasteiger partial charge on any atom is -0.482 e. The van der Waals surface area contributed by atoms with Gasteiger partial charge in [-0.25, -0.2) is 4.98 Å². The van der Waals surface area contributed by atoms with E-state index in [0.717, 1.165) is 0 Å². The number of aromatic amines is 1. The molecule has 0 aliphatic rings. The van der Waals surface area contributed by atoms with Gasteiger partial charge in [-0.05, 0) is 6.07 Å². The molecule has 1 rings (SSSR count). The van der Waals surface area contributed by atoms with Gasteiger partial charge in [0, 0.05) is 27.3 Å². The monoisotopic (exact) mass is 294 g/mol. The van der Waals surface area contributed by atoms with Crippen LogP contribution >= 0.6 is 0 Å². The Labute approximate surface area is 65.8 Å². The standard InChI is InChI=1S/C4H5N3O.W/c5-3-1-2-6-4(8)7-3;/h1-2H,(H3,5,6,7,8);/p-1. The third-order valence-corrected chi connectivity index (χ3v) is 0.675. The molecule has 2 N–H and O–H groups in total. The largest absolute Gasteiger partial charge is 0.482 e. The number of H-pyrrole nitrogens is 1. The Morgan fingerprint density at radius 1 is 1.67 bits per heavy atom. The maximum absolute atomic E-state index is 10.2. The van der Waals surface area contributed by atoms with E-state index in [4.69, 9.17) is 5.73 Å². The summed E-state index contributed by atoms with van der Waals surface area (Å²) in [5.41, 5.74) is 6.37. The number of nitrogens with one attached hydrogen (secondary N) is 2. The van der Waals surface area contributed by atoms with Gasteiger partial charge in [0.05, 0.1) is 0 Å². The van der Waals surface area contributed by atoms with Crippen LogP contribution in [0.1, 0.15) is 0 Å². The Hall–Kier alpha value is -0.632. The first kappa shape index (κ1) is 8.37. The van der Waals surface area contributed by atoms with E-state index in [9.17, 15) is 4.79 Å². The van der Waals surface area contributed by atoms with Crippen molar-refractivity contribution in [2.45, 2.75) is 0 Å². The van der Waals surface area contributed by atoms with Crippen LogP contribution in [-0.4, -0.2) is 9.97 Å². The van der Waals surface area contributed by atoms with Crippen molar-refractivity contribution in [3.63, 3.8) is 0 Å². The Morgan fingerprint density at radius 3 is 2.67 bits per heavy atom. The van der Waals surface area contributed by atoms with E-state index in [2.05, 4.69) is 9.97 Å². The molecule has 0 atom stereocenters. The van der Waals surface area contributed by atoms with Gasteiger partial charge in [0.2, 0.25) is 0 Å². The molecule has 0 unspecified atom stereocenters. The van der Waals surface area contributed by atoms with Gasteiger partial charge in [-0.3, -0.25) is 4.79 Å². The second-order valence-electron chi connectivity index (χ2n) is 1.29. The summed E-state index contributed by atoms with van der Waals surface area (Å²) in [6.07, 6.45) is 1.29. The van der Waals surface area contributed by atoms with Crippen LogP contribution in [0.2, 0.25) is 0 Å². The van der Waals surface area contributed by atoms with Crippen molar-refractivity contribution in [3.05, 3.63) is 28.5 Å². The second kappa shape index (κ2) is 3.40. The minimum absolute atomic E-state index is 0. The first-order valence-corrected chi connectivity index (χ1v) is 2.06. The average Bonchev–Trinajstić information content (AvgIpc) is 1.64. The van der Waals surface area contributed by atoms with Crippen LogP contribution in [0, 0.1) is 0 Å². The fourth-order valence-corrected chi connectivity index (χ4v) is 0.369. The first-order valence-electron chi connectivity index (χ1n) is 2.06. The minimum atomic E-state index is -0.475. The summed E-state index contributed by atoms with van der Waals surface area (Å²) >= 11 is 0. The van der Waals surface area contributed by atoms with Gasteiger partial charge in [0.25, 0.3) is 5.69 Å². The maximum atomic E-state index is 10.2. The van der Waals surface area contributed by atoms with E-state index < -0.39 is 5.69 Å². The normalized spacial score (nSPS) is 8.00. The first-order chi connectivity index (χ1) is 3.79. The number of nitrogens with zero attached hydrogens (tertiary/aromatic N) is 1. The number of aromatic nitrogens is 2. The second-order valence-corrected chi connectivity index (χ2v) is 1.29. The molecule has 0 saturated heterocycles. The molecule has 0 fully saturated rings. The molecular weight excluding hydrogens is 290 g/mol. The molecule has 0 amide bonds. The van der Waals surface area contributed by atoms with E-state index in [1.807, 2.05) is 0 Å². The van der Waals surface area contributed by atoms with Crippen molar-refractivity contribution in [1.82, 2.24) is 9.97 Å². The summed E-state index contributed by atoms with van der Waals surface area (Å²) in [4.78, 5) is 15.7. The van der Waals surface area contributed by atoms with Crippen LogP contribution in [0.4, 0.5) is 5.82 Å². The van der Waals surface area contributed by atoms with Crippen molar-refractivity contribution in [2.24, 2.45) is 0 Å². The van der Waals surface area contributed by atoms with Crippen LogP contribution in [0.25, 0.3) is 5.73 Å². The van der Waals surface area contributed by atoms with Gasteiger partial charge in [0.1, 0.15) is 0 Å². The fourth-order valence-electron chi connectivity index (χ4n) is 0.369. The molecule has 5 heteroatoms. The molecule has 0 bridgehead atoms. The van der Waals surface area contributed by atoms with Gasteiger partial charge in [-0.1, -0.05) is 5.82 Å². The number of hydrogen-bond donors (Lipinski definition) is 1. The van der Waals surface area contributed by atoms with E-state index in [1.165, 1.54) is 12.3 Å². The number of hydrogen-bond acceptors (Lipinski definition) is 2. The Kier molecular flexibility index (Phi) is 3.17. The van der Waals surface area contributed by atoms with Crippen LogP contribution < -0.4 is 5.69 Å². The number of rotatable bonds is 0. The molecule has 0 aliphatic carbocycles. The van der Waals surface area contributed by atoms with Gasteiger partial charge in [-0.2, -0.15) is 0 Å². The van der Waals surface area contributed by atoms with Crippen molar-refractivity contribution in [1.29, 1.82) is 0 Å². The van der Waals surface area contributed by atoms with Crippen LogP contribution in [0.5, 0.6) is 0 Å². The zero-order chi connectivity index (χ0) is 5.98. The van der Waals surface area contributed by atoms with Crippen LogP contribution in [0.3, 0.4) is 0 Å². The summed E-state index contributed by atoms with van der Waals surface area (Å²) in [5.74, 6) is 0.0880. The van der Waals surface area contributed by atoms with E-state index in [1.54, 1.807) is 0 Å². The molecule has 1 aromatic heterocycles. The van der Waals surface area contributed by atoms with Crippen molar-refractivity contribution in [3.8, 4) is 0 Å². The predicted molar refractivity (Wildman–Crippen MR) is 28.8 cm³/mol. The summed E-state index contributed by atoms with van der Waals surface area (Å²) in [5, 5.41) is 0. The van der Waals surface area contributed by atoms with Crippen molar-refractivity contribution < 1.29 is 21.1 Å². The topological polar surface area (TPSA) is 69.5 Å². The van der Waals surface area contributed by atoms with Crippen LogP contribution in [-0.2, 0) is 21.1 Å². The third kappa shape index (κ3) is 2.42. The van der Waals surface area contributed by atoms with Gasteiger partial charge in [-0.15, -0.1) is 0 Å². The molecule has 1 heterocycles. The molecule has 48 valence electrons. The SMILES string of the molecule is [NH-]c1ccnc(=O)[nH]1.[W]. The van der Waals surface area contributed by atoms with E-state index in [0.29, 0.717) is 0 Å². The Bertz CT molecular complexity index is 233. The van der Waals surface area contributed by atoms with Crippen LogP contribution in [0.15, 0.2) is 17.1 Å². The van der Waals surface area contributed by atoms with E-state index in [-0.39, 0.29) is 26.9 Å². The molecule has 0 saturated carbocycles. The van der Waals surface area contributed by atoms with Crippen molar-refractivity contribution in [2.75, 3.05) is 0 Å². The average molecular weight is 294 g/mol. The Morgan fingerprint density at radius 2 is 2.33 bits per heavy atom. The summed E-state index contributed by atoms with van der Waals surface area (Å²) in [7, 11) is 0. The zero-order valence-corrected chi connectivity index (χ0v) is 7.35. The summed E-state index contributed by atoms with van der Waals surface area (Å²) in [6, 6.07) is 1.40. The molecule has 0 aliphatic heterocycles. The molecule has 0 radical (unpaired) electrons. The molecule has 9 heavy (non-hydrogen) atoms. The van der Waals surface area contributed by atoms with Gasteiger partial charge in [0.15, 0.2) is 0 Å². The molecular formula is C4H4N3OW-. The predicted octanol–water partition coefficient (Wildman–Crippen LogP) is 0.451. The maximum Gasteiger partial charge on any atom is 0.262 e. The molecule has 0 spiro atoms. The van der Waals surface area contributed by atoms with Gasteiger partial charge < -0.3 is 10.7 Å². The third-order valence-electron chi connectivity index (χ3n) is 0.675.